The number of carbonyl (C=O) groups excluding carboxylic acids is 1. The Morgan fingerprint density at radius 2 is 1.93 bits per heavy atom. The van der Waals surface area contributed by atoms with E-state index in [0.29, 0.717) is 12.2 Å². The van der Waals surface area contributed by atoms with E-state index in [1.54, 1.807) is 0 Å². The van der Waals surface area contributed by atoms with Crippen LogP contribution in [0.4, 0.5) is 5.69 Å². The van der Waals surface area contributed by atoms with Gasteiger partial charge in [0, 0.05) is 12.1 Å². The first-order chi connectivity index (χ1) is 7.24. The van der Waals surface area contributed by atoms with Gasteiger partial charge in [0.15, 0.2) is 0 Å². The number of benzene rings is 1. The number of hydrogen-bond acceptors (Lipinski definition) is 5. The Morgan fingerprint density at radius 1 is 1.27 bits per heavy atom. The van der Waals surface area contributed by atoms with Crippen LogP contribution in [0, 0.1) is 10.1 Å². The summed E-state index contributed by atoms with van der Waals surface area (Å²) >= 11 is 0. The predicted molar refractivity (Wildman–Crippen MR) is 50.6 cm³/mol. The SMILES string of the molecule is O=COCCOc1ccc([N+](=O)[O-])cc1. The summed E-state index contributed by atoms with van der Waals surface area (Å²) in [5, 5.41) is 10.3. The van der Waals surface area contributed by atoms with Crippen LogP contribution in [0.5, 0.6) is 5.75 Å². The summed E-state index contributed by atoms with van der Waals surface area (Å²) in [7, 11) is 0. The highest BCUT2D eigenvalue weighted by molar-refractivity contribution is 5.37. The fraction of sp³-hybridized carbons (Fsp3) is 0.222. The van der Waals surface area contributed by atoms with Gasteiger partial charge in [0.05, 0.1) is 4.92 Å². The van der Waals surface area contributed by atoms with Gasteiger partial charge in [-0.3, -0.25) is 14.9 Å². The minimum absolute atomic E-state index is 0.00601. The van der Waals surface area contributed by atoms with Crippen molar-refractivity contribution in [2.24, 2.45) is 0 Å². The molecule has 1 aromatic carbocycles. The van der Waals surface area contributed by atoms with Gasteiger partial charge in [0.2, 0.25) is 0 Å². The van der Waals surface area contributed by atoms with E-state index in [-0.39, 0.29) is 18.9 Å². The molecule has 0 heterocycles. The second-order valence-corrected chi connectivity index (χ2v) is 2.57. The molecule has 0 aliphatic heterocycles. The molecule has 1 rings (SSSR count). The summed E-state index contributed by atoms with van der Waals surface area (Å²) in [6.45, 7) is 0.705. The first-order valence-electron chi connectivity index (χ1n) is 4.16. The molecular weight excluding hydrogens is 202 g/mol. The standard InChI is InChI=1S/C9H9NO5/c11-7-14-5-6-15-9-3-1-8(2-4-9)10(12)13/h1-4,7H,5-6H2. The largest absolute Gasteiger partial charge is 0.490 e. The zero-order valence-corrected chi connectivity index (χ0v) is 7.79. The Hall–Kier alpha value is -2.11. The fourth-order valence-corrected chi connectivity index (χ4v) is 0.920. The predicted octanol–water partition coefficient (Wildman–Crippen LogP) is 1.15. The summed E-state index contributed by atoms with van der Waals surface area (Å²) in [6.07, 6.45) is 0. The smallest absolute Gasteiger partial charge is 0.293 e. The highest BCUT2D eigenvalue weighted by atomic mass is 16.6. The fourth-order valence-electron chi connectivity index (χ4n) is 0.920. The van der Waals surface area contributed by atoms with Crippen molar-refractivity contribution in [3.05, 3.63) is 34.4 Å². The van der Waals surface area contributed by atoms with Crippen molar-refractivity contribution in [2.75, 3.05) is 13.2 Å². The molecule has 0 aliphatic carbocycles. The average molecular weight is 211 g/mol. The number of nitro benzene ring substituents is 1. The third kappa shape index (κ3) is 3.63. The van der Waals surface area contributed by atoms with Crippen molar-refractivity contribution in [1.29, 1.82) is 0 Å². The van der Waals surface area contributed by atoms with Crippen LogP contribution < -0.4 is 4.74 Å². The molecule has 1 aromatic rings. The van der Waals surface area contributed by atoms with Crippen molar-refractivity contribution < 1.29 is 19.2 Å². The lowest BCUT2D eigenvalue weighted by Crippen LogP contribution is -2.05. The zero-order chi connectivity index (χ0) is 11.1. The first-order valence-corrected chi connectivity index (χ1v) is 4.16. The number of hydrogen-bond donors (Lipinski definition) is 0. The van der Waals surface area contributed by atoms with Gasteiger partial charge in [-0.2, -0.15) is 0 Å². The molecule has 6 heteroatoms. The van der Waals surface area contributed by atoms with Gasteiger partial charge in [0.25, 0.3) is 12.2 Å². The lowest BCUT2D eigenvalue weighted by molar-refractivity contribution is -0.384. The summed E-state index contributed by atoms with van der Waals surface area (Å²) in [5.74, 6) is 0.495. The maximum atomic E-state index is 10.3. The Kier molecular flexibility index (Phi) is 4.08. The Bertz CT molecular complexity index is 335. The average Bonchev–Trinajstić information content (AvgIpc) is 2.25. The molecule has 0 fully saturated rings. The lowest BCUT2D eigenvalue weighted by atomic mass is 10.3. The second-order valence-electron chi connectivity index (χ2n) is 2.57. The Balaban J connectivity index is 2.42. The van der Waals surface area contributed by atoms with E-state index in [1.165, 1.54) is 24.3 Å². The Morgan fingerprint density at radius 3 is 2.47 bits per heavy atom. The molecule has 80 valence electrons. The summed E-state index contributed by atoms with van der Waals surface area (Å²) in [4.78, 5) is 19.6. The summed E-state index contributed by atoms with van der Waals surface area (Å²) < 4.78 is 9.54. The molecule has 0 radical (unpaired) electrons. The lowest BCUT2D eigenvalue weighted by Gasteiger charge is -2.04. The van der Waals surface area contributed by atoms with Crippen LogP contribution in [0.2, 0.25) is 0 Å². The van der Waals surface area contributed by atoms with Gasteiger partial charge in [-0.05, 0) is 12.1 Å². The molecule has 0 unspecified atom stereocenters. The third-order valence-corrected chi connectivity index (χ3v) is 1.59. The van der Waals surface area contributed by atoms with E-state index < -0.39 is 4.92 Å². The number of nitro groups is 1. The zero-order valence-electron chi connectivity index (χ0n) is 7.79. The van der Waals surface area contributed by atoms with Crippen molar-refractivity contribution in [3.63, 3.8) is 0 Å². The minimum atomic E-state index is -0.487. The maximum Gasteiger partial charge on any atom is 0.293 e. The van der Waals surface area contributed by atoms with E-state index in [1.807, 2.05) is 0 Å². The molecule has 0 saturated heterocycles. The second kappa shape index (κ2) is 5.58. The molecule has 0 N–H and O–H groups in total. The van der Waals surface area contributed by atoms with Crippen LogP contribution in [0.15, 0.2) is 24.3 Å². The summed E-state index contributed by atoms with van der Waals surface area (Å²) in [6, 6.07) is 5.66. The van der Waals surface area contributed by atoms with E-state index in [9.17, 15) is 14.9 Å². The third-order valence-electron chi connectivity index (χ3n) is 1.59. The highest BCUT2D eigenvalue weighted by Gasteiger charge is 2.03. The molecule has 0 spiro atoms. The normalized spacial score (nSPS) is 9.33. The molecular formula is C9H9NO5. The highest BCUT2D eigenvalue weighted by Crippen LogP contribution is 2.16. The molecule has 0 aromatic heterocycles. The number of nitrogens with zero attached hydrogens (tertiary/aromatic N) is 1. The van der Waals surface area contributed by atoms with Gasteiger partial charge in [-0.25, -0.2) is 0 Å². The molecule has 15 heavy (non-hydrogen) atoms. The van der Waals surface area contributed by atoms with Gasteiger partial charge < -0.3 is 9.47 Å². The van der Waals surface area contributed by atoms with Crippen LogP contribution >= 0.6 is 0 Å². The van der Waals surface area contributed by atoms with Crippen molar-refractivity contribution in [3.8, 4) is 5.75 Å². The number of ether oxygens (including phenoxy) is 2. The van der Waals surface area contributed by atoms with E-state index in [2.05, 4.69) is 4.74 Å². The van der Waals surface area contributed by atoms with Crippen LogP contribution in [0.1, 0.15) is 0 Å². The monoisotopic (exact) mass is 211 g/mol. The quantitative estimate of drug-likeness (QED) is 0.305. The maximum absolute atomic E-state index is 10.3. The van der Waals surface area contributed by atoms with Crippen molar-refractivity contribution in [1.82, 2.24) is 0 Å². The van der Waals surface area contributed by atoms with E-state index in [4.69, 9.17) is 4.74 Å². The number of rotatable bonds is 6. The van der Waals surface area contributed by atoms with Crippen molar-refractivity contribution >= 4 is 12.2 Å². The molecule has 0 atom stereocenters. The number of carbonyl (C=O) groups is 1. The van der Waals surface area contributed by atoms with Crippen LogP contribution in [0.3, 0.4) is 0 Å². The molecule has 0 bridgehead atoms. The van der Waals surface area contributed by atoms with Crippen LogP contribution in [-0.4, -0.2) is 24.6 Å². The Labute approximate surface area is 85.6 Å². The molecule has 0 saturated carbocycles. The van der Waals surface area contributed by atoms with Crippen LogP contribution in [-0.2, 0) is 9.53 Å². The first kappa shape index (κ1) is 11.0. The van der Waals surface area contributed by atoms with Crippen molar-refractivity contribution in [2.45, 2.75) is 0 Å². The van der Waals surface area contributed by atoms with E-state index >= 15 is 0 Å². The topological polar surface area (TPSA) is 78.7 Å². The van der Waals surface area contributed by atoms with Gasteiger partial charge in [0.1, 0.15) is 19.0 Å². The minimum Gasteiger partial charge on any atom is -0.490 e. The van der Waals surface area contributed by atoms with Gasteiger partial charge in [-0.1, -0.05) is 0 Å². The molecule has 6 nitrogen and oxygen atoms in total. The summed E-state index contributed by atoms with van der Waals surface area (Å²) in [5.41, 5.74) is 0.00601. The molecule has 0 aliphatic rings. The van der Waals surface area contributed by atoms with E-state index in [0.717, 1.165) is 0 Å². The van der Waals surface area contributed by atoms with Gasteiger partial charge in [-0.15, -0.1) is 0 Å². The number of non-ortho nitro benzene ring substituents is 1. The van der Waals surface area contributed by atoms with Crippen LogP contribution in [0.25, 0.3) is 0 Å². The molecule has 0 amide bonds. The van der Waals surface area contributed by atoms with Gasteiger partial charge >= 0.3 is 0 Å².